The van der Waals surface area contributed by atoms with Gasteiger partial charge in [0.15, 0.2) is 0 Å². The van der Waals surface area contributed by atoms with E-state index >= 15 is 0 Å². The molecule has 3 heterocycles. The number of likely N-dealkylation sites (tertiary alicyclic amines) is 1. The second kappa shape index (κ2) is 7.13. The Labute approximate surface area is 169 Å². The number of aromatic nitrogens is 3. The van der Waals surface area contributed by atoms with Crippen molar-refractivity contribution >= 4 is 28.9 Å². The van der Waals surface area contributed by atoms with Gasteiger partial charge in [0.25, 0.3) is 11.8 Å². The molecule has 0 bridgehead atoms. The van der Waals surface area contributed by atoms with Crippen LogP contribution in [0, 0.1) is 5.92 Å². The summed E-state index contributed by atoms with van der Waals surface area (Å²) in [6, 6.07) is 5.02. The third-order valence-electron chi connectivity index (χ3n) is 5.93. The van der Waals surface area contributed by atoms with Gasteiger partial charge < -0.3 is 9.80 Å². The largest absolute Gasteiger partial charge is 0.338 e. The summed E-state index contributed by atoms with van der Waals surface area (Å²) in [5.41, 5.74) is 1.07. The van der Waals surface area contributed by atoms with Crippen LogP contribution in [-0.2, 0) is 4.79 Å². The predicted octanol–water partition coefficient (Wildman–Crippen LogP) is 1.87. The zero-order valence-corrected chi connectivity index (χ0v) is 17.0. The lowest BCUT2D eigenvalue weighted by Gasteiger charge is -2.42. The first-order chi connectivity index (χ1) is 13.9. The molecule has 9 nitrogen and oxygen atoms in total. The highest BCUT2D eigenvalue weighted by atomic mass is 16.2. The summed E-state index contributed by atoms with van der Waals surface area (Å²) in [5, 5.41) is 10.6. The molecule has 0 aliphatic carbocycles. The maximum Gasteiger partial charge on any atom is 0.327 e. The number of rotatable bonds is 4. The minimum absolute atomic E-state index is 0.0933. The molecule has 4 rings (SSSR count). The average molecular weight is 398 g/mol. The van der Waals surface area contributed by atoms with Gasteiger partial charge in [-0.25, -0.2) is 4.79 Å². The molecule has 2 aliphatic heterocycles. The van der Waals surface area contributed by atoms with Crippen LogP contribution >= 0.6 is 0 Å². The number of fused-ring (bicyclic) bond motifs is 1. The number of urea groups is 1. The molecule has 4 amide bonds. The molecule has 2 fully saturated rings. The maximum absolute atomic E-state index is 13.1. The smallest absolute Gasteiger partial charge is 0.327 e. The van der Waals surface area contributed by atoms with Crippen LogP contribution in [-0.4, -0.2) is 79.7 Å². The number of nitrogens with one attached hydrogen (secondary N) is 1. The molecular weight excluding hydrogens is 372 g/mol. The molecule has 9 heteroatoms. The van der Waals surface area contributed by atoms with Gasteiger partial charge in [-0.05, 0) is 43.9 Å². The van der Waals surface area contributed by atoms with Gasteiger partial charge in [-0.15, -0.1) is 0 Å². The lowest BCUT2D eigenvalue weighted by molar-refractivity contribution is -0.135. The van der Waals surface area contributed by atoms with Gasteiger partial charge in [0.1, 0.15) is 16.6 Å². The van der Waals surface area contributed by atoms with E-state index in [1.807, 2.05) is 20.8 Å². The Kier molecular flexibility index (Phi) is 4.76. The molecule has 0 saturated carbocycles. The number of amides is 4. The molecule has 1 aromatic carbocycles. The number of carbonyl (C=O) groups excluding carboxylic acids is 3. The Balaban J connectivity index is 1.54. The van der Waals surface area contributed by atoms with Crippen molar-refractivity contribution in [1.29, 1.82) is 0 Å². The number of hydrogen-bond acceptors (Lipinski definition) is 5. The van der Waals surface area contributed by atoms with Crippen LogP contribution in [0.1, 0.15) is 44.0 Å². The first kappa shape index (κ1) is 19.4. The molecular formula is C20H26N6O3. The van der Waals surface area contributed by atoms with Crippen molar-refractivity contribution in [3.05, 3.63) is 23.8 Å². The van der Waals surface area contributed by atoms with Crippen molar-refractivity contribution in [3.8, 4) is 0 Å². The minimum atomic E-state index is -0.829. The highest BCUT2D eigenvalue weighted by Crippen LogP contribution is 2.38. The van der Waals surface area contributed by atoms with Crippen molar-refractivity contribution in [1.82, 2.24) is 30.1 Å². The SMILES string of the molecule is CCN1C(=O)N(CC(C)C)C2(CCN(C(=O)c3ccc4n[nH]nc4c3)CC2)C1=O. The third-order valence-corrected chi connectivity index (χ3v) is 5.93. The summed E-state index contributed by atoms with van der Waals surface area (Å²) >= 11 is 0. The number of benzene rings is 1. The van der Waals surface area contributed by atoms with E-state index in [0.29, 0.717) is 55.6 Å². The third kappa shape index (κ3) is 3.04. The molecule has 1 spiro atoms. The molecule has 154 valence electrons. The molecule has 1 N–H and O–H groups in total. The Bertz CT molecular complexity index is 960. The molecule has 1 aromatic heterocycles. The van der Waals surface area contributed by atoms with E-state index in [4.69, 9.17) is 0 Å². The fourth-order valence-electron chi connectivity index (χ4n) is 4.40. The van der Waals surface area contributed by atoms with Gasteiger partial charge in [0, 0.05) is 31.7 Å². The minimum Gasteiger partial charge on any atom is -0.338 e. The molecule has 2 saturated heterocycles. The summed E-state index contributed by atoms with van der Waals surface area (Å²) in [6.45, 7) is 7.67. The highest BCUT2D eigenvalue weighted by Gasteiger charge is 2.57. The zero-order valence-electron chi connectivity index (χ0n) is 17.0. The van der Waals surface area contributed by atoms with E-state index in [1.54, 1.807) is 28.0 Å². The van der Waals surface area contributed by atoms with Gasteiger partial charge >= 0.3 is 6.03 Å². The number of carbonyl (C=O) groups is 3. The van der Waals surface area contributed by atoms with Crippen LogP contribution in [0.25, 0.3) is 11.0 Å². The van der Waals surface area contributed by atoms with Crippen molar-refractivity contribution in [2.75, 3.05) is 26.2 Å². The lowest BCUT2D eigenvalue weighted by atomic mass is 9.85. The van der Waals surface area contributed by atoms with E-state index < -0.39 is 5.54 Å². The van der Waals surface area contributed by atoms with Crippen molar-refractivity contribution < 1.29 is 14.4 Å². The number of likely N-dealkylation sites (N-methyl/N-ethyl adjacent to an activating group) is 1. The molecule has 0 radical (unpaired) electrons. The first-order valence-electron chi connectivity index (χ1n) is 10.1. The summed E-state index contributed by atoms with van der Waals surface area (Å²) in [6.07, 6.45) is 0.914. The fraction of sp³-hybridized carbons (Fsp3) is 0.550. The topological polar surface area (TPSA) is 102 Å². The van der Waals surface area contributed by atoms with E-state index in [2.05, 4.69) is 15.4 Å². The van der Waals surface area contributed by atoms with Crippen LogP contribution in [0.15, 0.2) is 18.2 Å². The Morgan fingerprint density at radius 1 is 1.17 bits per heavy atom. The highest BCUT2D eigenvalue weighted by molar-refractivity contribution is 6.07. The lowest BCUT2D eigenvalue weighted by Crippen LogP contribution is -2.58. The number of imide groups is 1. The number of nitrogens with zero attached hydrogens (tertiary/aromatic N) is 5. The standard InChI is InChI=1S/C20H26N6O3/c1-4-25-18(28)20(26(19(25)29)12-13(2)3)7-9-24(10-8-20)17(27)14-5-6-15-16(11-14)22-23-21-15/h5-6,11,13H,4,7-10,12H2,1-3H3,(H,21,22,23). The van der Waals surface area contributed by atoms with Crippen molar-refractivity contribution in [3.63, 3.8) is 0 Å². The summed E-state index contributed by atoms with van der Waals surface area (Å²) in [5.74, 6) is 0.0420. The Hall–Kier alpha value is -2.97. The number of H-pyrrole nitrogens is 1. The monoisotopic (exact) mass is 398 g/mol. The van der Waals surface area contributed by atoms with Crippen molar-refractivity contribution in [2.24, 2.45) is 5.92 Å². The molecule has 0 unspecified atom stereocenters. The van der Waals surface area contributed by atoms with Gasteiger partial charge in [-0.2, -0.15) is 15.4 Å². The van der Waals surface area contributed by atoms with E-state index in [1.165, 1.54) is 4.90 Å². The quantitative estimate of drug-likeness (QED) is 0.792. The predicted molar refractivity (Wildman–Crippen MR) is 106 cm³/mol. The summed E-state index contributed by atoms with van der Waals surface area (Å²) in [7, 11) is 0. The van der Waals surface area contributed by atoms with Crippen molar-refractivity contribution in [2.45, 2.75) is 39.2 Å². The van der Waals surface area contributed by atoms with Crippen LogP contribution in [0.3, 0.4) is 0 Å². The van der Waals surface area contributed by atoms with E-state index in [-0.39, 0.29) is 23.8 Å². The number of piperidine rings is 1. The van der Waals surface area contributed by atoms with Crippen LogP contribution in [0.5, 0.6) is 0 Å². The van der Waals surface area contributed by atoms with Crippen LogP contribution < -0.4 is 0 Å². The van der Waals surface area contributed by atoms with Gasteiger partial charge in [-0.3, -0.25) is 14.5 Å². The number of aromatic amines is 1. The second-order valence-electron chi connectivity index (χ2n) is 8.19. The molecule has 0 atom stereocenters. The molecule has 2 aliphatic rings. The normalized spacial score (nSPS) is 19.2. The number of hydrogen-bond donors (Lipinski definition) is 1. The Morgan fingerprint density at radius 2 is 1.86 bits per heavy atom. The first-order valence-corrected chi connectivity index (χ1v) is 10.1. The fourth-order valence-corrected chi connectivity index (χ4v) is 4.40. The summed E-state index contributed by atoms with van der Waals surface area (Å²) in [4.78, 5) is 43.8. The van der Waals surface area contributed by atoms with Gasteiger partial charge in [0.2, 0.25) is 0 Å². The second-order valence-corrected chi connectivity index (χ2v) is 8.19. The average Bonchev–Trinajstić information content (AvgIpc) is 3.25. The zero-order chi connectivity index (χ0) is 20.8. The summed E-state index contributed by atoms with van der Waals surface area (Å²) < 4.78 is 0. The molecule has 29 heavy (non-hydrogen) atoms. The maximum atomic E-state index is 13.1. The van der Waals surface area contributed by atoms with Gasteiger partial charge in [0.05, 0.1) is 0 Å². The van der Waals surface area contributed by atoms with Crippen LogP contribution in [0.4, 0.5) is 4.79 Å². The van der Waals surface area contributed by atoms with E-state index in [0.717, 1.165) is 0 Å². The van der Waals surface area contributed by atoms with Gasteiger partial charge in [-0.1, -0.05) is 13.8 Å². The molecule has 2 aromatic rings. The Morgan fingerprint density at radius 3 is 2.52 bits per heavy atom. The van der Waals surface area contributed by atoms with E-state index in [9.17, 15) is 14.4 Å². The van der Waals surface area contributed by atoms with Crippen LogP contribution in [0.2, 0.25) is 0 Å².